The molecule has 0 atom stereocenters. The molecular weight excluding hydrogens is 194 g/mol. The van der Waals surface area contributed by atoms with E-state index in [0.717, 1.165) is 39.3 Å². The molecule has 15 heavy (non-hydrogen) atoms. The van der Waals surface area contributed by atoms with Crippen molar-refractivity contribution >= 4 is 5.97 Å². The van der Waals surface area contributed by atoms with Crippen molar-refractivity contribution in [3.63, 3.8) is 0 Å². The quantitative estimate of drug-likeness (QED) is 0.594. The van der Waals surface area contributed by atoms with E-state index in [4.69, 9.17) is 4.74 Å². The predicted molar refractivity (Wildman–Crippen MR) is 58.8 cm³/mol. The summed E-state index contributed by atoms with van der Waals surface area (Å²) in [6, 6.07) is 0. The van der Waals surface area contributed by atoms with E-state index in [-0.39, 0.29) is 5.97 Å². The number of carbonyl (C=O) groups excluding carboxylic acids is 1. The van der Waals surface area contributed by atoms with Gasteiger partial charge in [0.2, 0.25) is 0 Å². The van der Waals surface area contributed by atoms with Gasteiger partial charge in [-0.3, -0.25) is 9.69 Å². The van der Waals surface area contributed by atoms with E-state index in [1.165, 1.54) is 0 Å². The summed E-state index contributed by atoms with van der Waals surface area (Å²) < 4.78 is 4.93. The lowest BCUT2D eigenvalue weighted by molar-refractivity contribution is -0.144. The molecule has 0 radical (unpaired) electrons. The summed E-state index contributed by atoms with van der Waals surface area (Å²) >= 11 is 0. The Morgan fingerprint density at radius 2 is 1.80 bits per heavy atom. The molecule has 1 aliphatic heterocycles. The van der Waals surface area contributed by atoms with Crippen molar-refractivity contribution in [2.75, 3.05) is 52.4 Å². The monoisotopic (exact) mass is 215 g/mol. The smallest absolute Gasteiger partial charge is 0.320 e. The summed E-state index contributed by atoms with van der Waals surface area (Å²) in [6.45, 7) is 8.35. The Bertz CT molecular complexity index is 178. The lowest BCUT2D eigenvalue weighted by Crippen LogP contribution is -2.38. The number of nitrogens with zero attached hydrogens (tertiary/aromatic N) is 1. The maximum atomic E-state index is 11.3. The van der Waals surface area contributed by atoms with Gasteiger partial charge in [-0.15, -0.1) is 0 Å². The molecule has 0 spiro atoms. The molecule has 1 rings (SSSR count). The van der Waals surface area contributed by atoms with Crippen LogP contribution in [0, 0.1) is 0 Å². The molecule has 1 heterocycles. The number of hydrogen-bond acceptors (Lipinski definition) is 5. The van der Waals surface area contributed by atoms with E-state index in [2.05, 4.69) is 15.5 Å². The molecule has 0 aromatic carbocycles. The molecule has 1 saturated heterocycles. The van der Waals surface area contributed by atoms with Crippen LogP contribution in [-0.2, 0) is 9.53 Å². The minimum Gasteiger partial charge on any atom is -0.465 e. The first-order chi connectivity index (χ1) is 7.33. The van der Waals surface area contributed by atoms with Crippen molar-refractivity contribution in [3.8, 4) is 0 Å². The second-order valence-electron chi connectivity index (χ2n) is 3.58. The Labute approximate surface area is 91.2 Å². The molecule has 5 heteroatoms. The summed E-state index contributed by atoms with van der Waals surface area (Å²) in [7, 11) is 0. The van der Waals surface area contributed by atoms with Gasteiger partial charge in [-0.2, -0.15) is 0 Å². The molecule has 2 N–H and O–H groups in total. The van der Waals surface area contributed by atoms with Crippen LogP contribution < -0.4 is 10.6 Å². The second-order valence-corrected chi connectivity index (χ2v) is 3.58. The summed E-state index contributed by atoms with van der Waals surface area (Å²) in [5.41, 5.74) is 0. The normalized spacial score (nSPS) is 20.1. The Balaban J connectivity index is 2.26. The number of esters is 1. The Morgan fingerprint density at radius 3 is 2.33 bits per heavy atom. The lowest BCUT2D eigenvalue weighted by atomic mass is 10.4. The molecule has 1 aliphatic rings. The van der Waals surface area contributed by atoms with Gasteiger partial charge in [0.25, 0.3) is 0 Å². The average Bonchev–Trinajstić information content (AvgIpc) is 2.32. The molecule has 0 unspecified atom stereocenters. The van der Waals surface area contributed by atoms with Crippen LogP contribution in [-0.4, -0.2) is 63.3 Å². The van der Waals surface area contributed by atoms with Crippen LogP contribution in [0.15, 0.2) is 0 Å². The van der Waals surface area contributed by atoms with Crippen LogP contribution in [0.4, 0.5) is 0 Å². The molecule has 1 fully saturated rings. The highest BCUT2D eigenvalue weighted by Crippen LogP contribution is 1.90. The minimum absolute atomic E-state index is 0.128. The van der Waals surface area contributed by atoms with Gasteiger partial charge in [-0.25, -0.2) is 0 Å². The number of rotatable bonds is 3. The Morgan fingerprint density at radius 1 is 1.20 bits per heavy atom. The van der Waals surface area contributed by atoms with Gasteiger partial charge < -0.3 is 15.4 Å². The largest absolute Gasteiger partial charge is 0.465 e. The molecule has 0 aliphatic carbocycles. The summed E-state index contributed by atoms with van der Waals surface area (Å²) in [4.78, 5) is 13.4. The molecule has 0 aromatic rings. The number of carbonyl (C=O) groups is 1. The highest BCUT2D eigenvalue weighted by atomic mass is 16.5. The Hall–Kier alpha value is -0.650. The van der Waals surface area contributed by atoms with Gasteiger partial charge >= 0.3 is 5.97 Å². The van der Waals surface area contributed by atoms with E-state index in [1.54, 1.807) is 0 Å². The topological polar surface area (TPSA) is 53.6 Å². The first-order valence-corrected chi connectivity index (χ1v) is 5.62. The molecule has 0 bridgehead atoms. The third-order valence-corrected chi connectivity index (χ3v) is 2.35. The molecule has 88 valence electrons. The van der Waals surface area contributed by atoms with Gasteiger partial charge in [-0.1, -0.05) is 0 Å². The maximum Gasteiger partial charge on any atom is 0.320 e. The van der Waals surface area contributed by atoms with Crippen LogP contribution in [0.2, 0.25) is 0 Å². The van der Waals surface area contributed by atoms with Gasteiger partial charge in [-0.05, 0) is 6.92 Å². The van der Waals surface area contributed by atoms with Gasteiger partial charge in [0.1, 0.15) is 0 Å². The van der Waals surface area contributed by atoms with Crippen LogP contribution in [0.1, 0.15) is 6.92 Å². The molecular formula is C10H21N3O2. The number of hydrogen-bond donors (Lipinski definition) is 2. The fraction of sp³-hybridized carbons (Fsp3) is 0.900. The standard InChI is InChI=1S/C10H21N3O2/c1-2-15-10(14)9-13-7-5-11-3-4-12-6-8-13/h11-12H,2-9H2,1H3. The van der Waals surface area contributed by atoms with E-state index < -0.39 is 0 Å². The van der Waals surface area contributed by atoms with E-state index >= 15 is 0 Å². The summed E-state index contributed by atoms with van der Waals surface area (Å²) in [6.07, 6.45) is 0. The molecule has 0 aromatic heterocycles. The zero-order valence-corrected chi connectivity index (χ0v) is 9.42. The number of ether oxygens (including phenoxy) is 1. The van der Waals surface area contributed by atoms with Gasteiger partial charge in [0, 0.05) is 39.3 Å². The van der Waals surface area contributed by atoms with E-state index in [9.17, 15) is 4.79 Å². The maximum absolute atomic E-state index is 11.3. The predicted octanol–water partition coefficient (Wildman–Crippen LogP) is -0.956. The van der Waals surface area contributed by atoms with Crippen LogP contribution >= 0.6 is 0 Å². The van der Waals surface area contributed by atoms with E-state index in [0.29, 0.717) is 13.2 Å². The zero-order valence-electron chi connectivity index (χ0n) is 9.42. The molecule has 5 nitrogen and oxygen atoms in total. The SMILES string of the molecule is CCOC(=O)CN1CCNCCNCC1. The van der Waals surface area contributed by atoms with Crippen molar-refractivity contribution in [3.05, 3.63) is 0 Å². The van der Waals surface area contributed by atoms with Crippen molar-refractivity contribution in [1.82, 2.24) is 15.5 Å². The fourth-order valence-corrected chi connectivity index (χ4v) is 1.56. The first-order valence-electron chi connectivity index (χ1n) is 5.62. The van der Waals surface area contributed by atoms with Crippen molar-refractivity contribution in [2.24, 2.45) is 0 Å². The summed E-state index contributed by atoms with van der Waals surface area (Å²) in [5, 5.41) is 6.61. The van der Waals surface area contributed by atoms with Crippen LogP contribution in [0.25, 0.3) is 0 Å². The van der Waals surface area contributed by atoms with Crippen LogP contribution in [0.5, 0.6) is 0 Å². The van der Waals surface area contributed by atoms with Crippen molar-refractivity contribution < 1.29 is 9.53 Å². The van der Waals surface area contributed by atoms with E-state index in [1.807, 2.05) is 6.92 Å². The summed E-state index contributed by atoms with van der Waals surface area (Å²) in [5.74, 6) is -0.128. The molecule has 0 amide bonds. The van der Waals surface area contributed by atoms with Gasteiger partial charge in [0.05, 0.1) is 13.2 Å². The van der Waals surface area contributed by atoms with Crippen LogP contribution in [0.3, 0.4) is 0 Å². The second kappa shape index (κ2) is 7.62. The average molecular weight is 215 g/mol. The minimum atomic E-state index is -0.128. The lowest BCUT2D eigenvalue weighted by Gasteiger charge is -2.19. The number of nitrogens with one attached hydrogen (secondary N) is 2. The zero-order chi connectivity index (χ0) is 10.9. The van der Waals surface area contributed by atoms with Crippen molar-refractivity contribution in [1.29, 1.82) is 0 Å². The highest BCUT2D eigenvalue weighted by Gasteiger charge is 2.11. The Kier molecular flexibility index (Phi) is 6.31. The van der Waals surface area contributed by atoms with Gasteiger partial charge in [0.15, 0.2) is 0 Å². The fourth-order valence-electron chi connectivity index (χ4n) is 1.56. The molecule has 0 saturated carbocycles. The van der Waals surface area contributed by atoms with Crippen molar-refractivity contribution in [2.45, 2.75) is 6.92 Å². The third-order valence-electron chi connectivity index (χ3n) is 2.35. The highest BCUT2D eigenvalue weighted by molar-refractivity contribution is 5.71. The third kappa shape index (κ3) is 5.71. The first kappa shape index (κ1) is 12.4.